The quantitative estimate of drug-likeness (QED) is 0.407. The molecule has 0 bridgehead atoms. The van der Waals surface area contributed by atoms with Crippen LogP contribution in [-0.2, 0) is 16.4 Å². The van der Waals surface area contributed by atoms with Gasteiger partial charge in [0.05, 0.1) is 16.6 Å². The summed E-state index contributed by atoms with van der Waals surface area (Å²) in [7, 11) is -3.66. The van der Waals surface area contributed by atoms with Crippen molar-refractivity contribution in [2.75, 3.05) is 10.8 Å². The molecule has 1 N–H and O–H groups in total. The van der Waals surface area contributed by atoms with E-state index in [0.717, 1.165) is 22.3 Å². The third-order valence-electron chi connectivity index (χ3n) is 6.34. The van der Waals surface area contributed by atoms with Gasteiger partial charge < -0.3 is 5.32 Å². The summed E-state index contributed by atoms with van der Waals surface area (Å²) in [5.41, 5.74) is 4.97. The van der Waals surface area contributed by atoms with E-state index in [2.05, 4.69) is 5.32 Å². The van der Waals surface area contributed by atoms with E-state index in [1.165, 1.54) is 4.31 Å². The van der Waals surface area contributed by atoms with Crippen molar-refractivity contribution < 1.29 is 13.2 Å². The fraction of sp³-hybridized carbons (Fsp3) is 0.138. The molecule has 0 aromatic heterocycles. The zero-order valence-corrected chi connectivity index (χ0v) is 20.2. The van der Waals surface area contributed by atoms with Gasteiger partial charge in [0.1, 0.15) is 0 Å². The van der Waals surface area contributed by atoms with Crippen LogP contribution in [0.1, 0.15) is 38.7 Å². The van der Waals surface area contributed by atoms with Crippen molar-refractivity contribution in [2.24, 2.45) is 0 Å². The molecule has 0 radical (unpaired) electrons. The number of nitrogens with zero attached hydrogens (tertiary/aromatic N) is 1. The van der Waals surface area contributed by atoms with Crippen LogP contribution in [-0.4, -0.2) is 20.9 Å². The Morgan fingerprint density at radius 3 is 2.03 bits per heavy atom. The number of rotatable bonds is 6. The number of hydrogen-bond donors (Lipinski definition) is 1. The van der Waals surface area contributed by atoms with Gasteiger partial charge in [0.15, 0.2) is 0 Å². The van der Waals surface area contributed by atoms with Crippen LogP contribution in [0.3, 0.4) is 0 Å². The lowest BCUT2D eigenvalue weighted by Gasteiger charge is -2.21. The van der Waals surface area contributed by atoms with E-state index in [4.69, 9.17) is 0 Å². The molecule has 1 aliphatic rings. The van der Waals surface area contributed by atoms with Crippen LogP contribution in [0.4, 0.5) is 5.69 Å². The van der Waals surface area contributed by atoms with Gasteiger partial charge in [0.2, 0.25) is 0 Å². The highest BCUT2D eigenvalue weighted by atomic mass is 32.2. The number of carbonyl (C=O) groups is 1. The van der Waals surface area contributed by atoms with Gasteiger partial charge in [-0.1, -0.05) is 78.4 Å². The molecule has 0 fully saturated rings. The Labute approximate surface area is 206 Å². The summed E-state index contributed by atoms with van der Waals surface area (Å²) >= 11 is 0. The third-order valence-corrected chi connectivity index (χ3v) is 8.17. The Morgan fingerprint density at radius 2 is 1.43 bits per heavy atom. The second kappa shape index (κ2) is 9.39. The molecular weight excluding hydrogens is 456 g/mol. The van der Waals surface area contributed by atoms with Crippen molar-refractivity contribution in [1.29, 1.82) is 0 Å². The van der Waals surface area contributed by atoms with Gasteiger partial charge >= 0.3 is 0 Å². The third kappa shape index (κ3) is 4.57. The van der Waals surface area contributed by atoms with Gasteiger partial charge in [0.25, 0.3) is 15.9 Å². The maximum Gasteiger partial charge on any atom is 0.264 e. The zero-order valence-electron chi connectivity index (χ0n) is 19.4. The molecule has 4 aromatic carbocycles. The van der Waals surface area contributed by atoms with Crippen LogP contribution in [0, 0.1) is 6.92 Å². The lowest BCUT2D eigenvalue weighted by Crippen LogP contribution is -2.30. The lowest BCUT2D eigenvalue weighted by atomic mass is 9.98. The molecule has 0 saturated carbocycles. The summed E-state index contributed by atoms with van der Waals surface area (Å²) in [6.45, 7) is 2.28. The Bertz CT molecular complexity index is 1410. The van der Waals surface area contributed by atoms with Crippen molar-refractivity contribution in [3.63, 3.8) is 0 Å². The van der Waals surface area contributed by atoms with Crippen molar-refractivity contribution in [3.8, 4) is 0 Å². The summed E-state index contributed by atoms with van der Waals surface area (Å²) in [4.78, 5) is 13.6. The van der Waals surface area contributed by atoms with Gasteiger partial charge in [-0.2, -0.15) is 0 Å². The molecule has 35 heavy (non-hydrogen) atoms. The number of amides is 1. The fourth-order valence-electron chi connectivity index (χ4n) is 4.46. The average molecular weight is 483 g/mol. The largest absolute Gasteiger partial charge is 0.341 e. The average Bonchev–Trinajstić information content (AvgIpc) is 3.33. The van der Waals surface area contributed by atoms with Gasteiger partial charge in [-0.25, -0.2) is 8.42 Å². The molecule has 0 unspecified atom stereocenters. The molecule has 1 amide bonds. The predicted octanol–water partition coefficient (Wildman–Crippen LogP) is 5.27. The van der Waals surface area contributed by atoms with Crippen LogP contribution < -0.4 is 9.62 Å². The Balaban J connectivity index is 1.41. The van der Waals surface area contributed by atoms with Gasteiger partial charge in [-0.3, -0.25) is 9.10 Å². The van der Waals surface area contributed by atoms with Crippen LogP contribution >= 0.6 is 0 Å². The zero-order chi connectivity index (χ0) is 24.4. The van der Waals surface area contributed by atoms with Crippen molar-refractivity contribution >= 4 is 21.6 Å². The van der Waals surface area contributed by atoms with Crippen LogP contribution in [0.5, 0.6) is 0 Å². The number of anilines is 1. The maximum absolute atomic E-state index is 13.3. The van der Waals surface area contributed by atoms with E-state index < -0.39 is 10.0 Å². The van der Waals surface area contributed by atoms with E-state index in [1.807, 2.05) is 73.7 Å². The highest BCUT2D eigenvalue weighted by Crippen LogP contribution is 2.34. The monoisotopic (exact) mass is 482 g/mol. The van der Waals surface area contributed by atoms with Crippen molar-refractivity contribution in [3.05, 3.63) is 131 Å². The van der Waals surface area contributed by atoms with Gasteiger partial charge in [-0.05, 0) is 60.4 Å². The molecule has 5 nitrogen and oxygen atoms in total. The Morgan fingerprint density at radius 1 is 0.829 bits per heavy atom. The van der Waals surface area contributed by atoms with E-state index >= 15 is 0 Å². The standard InChI is InChI=1S/C29H26N2O3S/c1-21-12-15-26(16-13-21)35(33,34)31-19-18-24-20-25(14-17-27(24)31)29(32)30-28(22-8-4-2-5-9-22)23-10-6-3-7-11-23/h2-17,20,28H,18-19H2,1H3,(H,30,32). The van der Waals surface area contributed by atoms with Crippen LogP contribution in [0.25, 0.3) is 0 Å². The number of sulfonamides is 1. The molecule has 0 spiro atoms. The van der Waals surface area contributed by atoms with E-state index in [9.17, 15) is 13.2 Å². The minimum Gasteiger partial charge on any atom is -0.341 e. The molecule has 1 aliphatic heterocycles. The molecule has 176 valence electrons. The molecule has 6 heteroatoms. The highest BCUT2D eigenvalue weighted by Gasteiger charge is 2.31. The second-order valence-electron chi connectivity index (χ2n) is 8.71. The fourth-order valence-corrected chi connectivity index (χ4v) is 5.97. The topological polar surface area (TPSA) is 66.5 Å². The van der Waals surface area contributed by atoms with E-state index in [-0.39, 0.29) is 16.8 Å². The van der Waals surface area contributed by atoms with Crippen molar-refractivity contribution in [2.45, 2.75) is 24.3 Å². The Kier molecular flexibility index (Phi) is 6.14. The number of aryl methyl sites for hydroxylation is 1. The smallest absolute Gasteiger partial charge is 0.264 e. The first kappa shape index (κ1) is 22.9. The molecule has 0 atom stereocenters. The van der Waals surface area contributed by atoms with Crippen LogP contribution in [0.2, 0.25) is 0 Å². The highest BCUT2D eigenvalue weighted by molar-refractivity contribution is 7.92. The van der Waals surface area contributed by atoms with Crippen molar-refractivity contribution in [1.82, 2.24) is 5.32 Å². The SMILES string of the molecule is Cc1ccc(S(=O)(=O)N2CCc3cc(C(=O)NC(c4ccccc4)c4ccccc4)ccc32)cc1. The summed E-state index contributed by atoms with van der Waals surface area (Å²) in [6.07, 6.45) is 0.558. The van der Waals surface area contributed by atoms with E-state index in [0.29, 0.717) is 24.2 Å². The number of fused-ring (bicyclic) bond motifs is 1. The number of hydrogen-bond acceptors (Lipinski definition) is 3. The normalized spacial score (nSPS) is 13.0. The first-order valence-corrected chi connectivity index (χ1v) is 13.0. The second-order valence-corrected chi connectivity index (χ2v) is 10.6. The molecule has 0 saturated heterocycles. The number of carbonyl (C=O) groups excluding carboxylic acids is 1. The summed E-state index contributed by atoms with van der Waals surface area (Å²) in [5, 5.41) is 3.16. The summed E-state index contributed by atoms with van der Waals surface area (Å²) in [6, 6.07) is 31.5. The number of nitrogens with one attached hydrogen (secondary N) is 1. The van der Waals surface area contributed by atoms with Crippen LogP contribution in [0.15, 0.2) is 108 Å². The molecule has 1 heterocycles. The first-order valence-electron chi connectivity index (χ1n) is 11.6. The van der Waals surface area contributed by atoms with E-state index in [1.54, 1.807) is 36.4 Å². The first-order chi connectivity index (χ1) is 16.9. The maximum atomic E-state index is 13.3. The van der Waals surface area contributed by atoms with Gasteiger partial charge in [-0.15, -0.1) is 0 Å². The molecule has 0 aliphatic carbocycles. The molecule has 4 aromatic rings. The summed E-state index contributed by atoms with van der Waals surface area (Å²) < 4.78 is 27.9. The summed E-state index contributed by atoms with van der Waals surface area (Å²) in [5.74, 6) is -0.203. The minimum absolute atomic E-state index is 0.203. The predicted molar refractivity (Wildman–Crippen MR) is 138 cm³/mol. The van der Waals surface area contributed by atoms with Gasteiger partial charge in [0, 0.05) is 12.1 Å². The molecular formula is C29H26N2O3S. The molecule has 5 rings (SSSR count). The lowest BCUT2D eigenvalue weighted by molar-refractivity contribution is 0.0943. The minimum atomic E-state index is -3.66. The Hall–Kier alpha value is -3.90. The number of benzene rings is 4.